The minimum Gasteiger partial charge on any atom is -0.465 e. The third kappa shape index (κ3) is 1.69. The number of esters is 1. The Bertz CT molecular complexity index is 353. The number of hydrogen-bond donors (Lipinski definition) is 1. The molecule has 0 atom stereocenters. The fourth-order valence-electron chi connectivity index (χ4n) is 1.01. The Morgan fingerprint density at radius 3 is 2.54 bits per heavy atom. The topological polar surface area (TPSA) is 68.5 Å². The van der Waals surface area contributed by atoms with Crippen LogP contribution in [0.15, 0.2) is 12.3 Å². The zero-order valence-corrected chi connectivity index (χ0v) is 7.27. The zero-order chi connectivity index (χ0) is 10.0. The van der Waals surface area contributed by atoms with E-state index in [0.29, 0.717) is 5.69 Å². The number of nitrogens with zero attached hydrogens (tertiary/aromatic N) is 1. The molecule has 0 saturated heterocycles. The first-order chi connectivity index (χ1) is 6.06. The molecule has 0 aliphatic heterocycles. The summed E-state index contributed by atoms with van der Waals surface area (Å²) in [6.07, 6.45) is 0.108. The number of carbonyl (C=O) groups excluding carboxylic acids is 1. The number of aromatic nitrogens is 1. The molecule has 0 fully saturated rings. The Labute approximate surface area is 74.5 Å². The minimum atomic E-state index is -1.12. The Hall–Kier alpha value is -1.78. The second kappa shape index (κ2) is 3.30. The summed E-state index contributed by atoms with van der Waals surface area (Å²) in [5.74, 6) is -0.539. The lowest BCUT2D eigenvalue weighted by molar-refractivity contribution is 0.0601. The molecule has 0 aromatic carbocycles. The second-order valence-corrected chi connectivity index (χ2v) is 2.51. The average molecular weight is 183 g/mol. The van der Waals surface area contributed by atoms with Crippen molar-refractivity contribution in [3.05, 3.63) is 23.5 Å². The van der Waals surface area contributed by atoms with Gasteiger partial charge < -0.3 is 9.84 Å². The van der Waals surface area contributed by atoms with Crippen LogP contribution in [0.5, 0.6) is 0 Å². The van der Waals surface area contributed by atoms with Crippen LogP contribution in [0.2, 0.25) is 0 Å². The maximum absolute atomic E-state index is 11.0. The number of methoxy groups -OCH3 is 1. The maximum atomic E-state index is 11.0. The smallest absolute Gasteiger partial charge is 0.415 e. The molecule has 0 saturated carbocycles. The summed E-state index contributed by atoms with van der Waals surface area (Å²) in [6.45, 7) is 1.60. The highest BCUT2D eigenvalue weighted by molar-refractivity contribution is 5.90. The molecular formula is C8H9NO4. The largest absolute Gasteiger partial charge is 0.465 e. The van der Waals surface area contributed by atoms with Gasteiger partial charge in [0.05, 0.1) is 12.7 Å². The predicted molar refractivity (Wildman–Crippen MR) is 43.9 cm³/mol. The Morgan fingerprint density at radius 2 is 2.15 bits per heavy atom. The van der Waals surface area contributed by atoms with Crippen molar-refractivity contribution in [2.45, 2.75) is 6.92 Å². The van der Waals surface area contributed by atoms with Gasteiger partial charge in [-0.2, -0.15) is 0 Å². The molecule has 0 aliphatic carbocycles. The highest BCUT2D eigenvalue weighted by atomic mass is 16.5. The fourth-order valence-corrected chi connectivity index (χ4v) is 1.01. The van der Waals surface area contributed by atoms with Crippen molar-refractivity contribution in [1.29, 1.82) is 0 Å². The summed E-state index contributed by atoms with van der Waals surface area (Å²) in [5.41, 5.74) is 0.718. The number of carboxylic acid groups (broad SMARTS) is 1. The number of aryl methyl sites for hydroxylation is 1. The fraction of sp³-hybridized carbons (Fsp3) is 0.250. The number of hydrogen-bond acceptors (Lipinski definition) is 3. The van der Waals surface area contributed by atoms with Gasteiger partial charge in [-0.05, 0) is 13.0 Å². The van der Waals surface area contributed by atoms with Crippen LogP contribution in [-0.2, 0) is 4.74 Å². The van der Waals surface area contributed by atoms with Gasteiger partial charge in [-0.15, -0.1) is 0 Å². The quantitative estimate of drug-likeness (QED) is 0.662. The van der Waals surface area contributed by atoms with E-state index in [4.69, 9.17) is 5.11 Å². The molecule has 1 N–H and O–H groups in total. The summed E-state index contributed by atoms with van der Waals surface area (Å²) >= 11 is 0. The van der Waals surface area contributed by atoms with Crippen LogP contribution in [0.1, 0.15) is 16.1 Å². The normalized spacial score (nSPS) is 9.69. The van der Waals surface area contributed by atoms with Crippen molar-refractivity contribution in [3.8, 4) is 0 Å². The van der Waals surface area contributed by atoms with E-state index >= 15 is 0 Å². The van der Waals surface area contributed by atoms with Gasteiger partial charge in [-0.3, -0.25) is 4.57 Å². The number of ether oxygens (including phenoxy) is 1. The van der Waals surface area contributed by atoms with Crippen LogP contribution < -0.4 is 0 Å². The number of rotatable bonds is 1. The summed E-state index contributed by atoms with van der Waals surface area (Å²) < 4.78 is 5.40. The van der Waals surface area contributed by atoms with Gasteiger partial charge >= 0.3 is 12.1 Å². The molecule has 0 radical (unpaired) electrons. The van der Waals surface area contributed by atoms with Crippen LogP contribution in [0.3, 0.4) is 0 Å². The molecule has 0 aliphatic rings. The third-order valence-electron chi connectivity index (χ3n) is 1.64. The number of carbonyl (C=O) groups is 2. The Balaban J connectivity index is 3.09. The van der Waals surface area contributed by atoms with Crippen molar-refractivity contribution in [1.82, 2.24) is 4.57 Å². The standard InChI is InChI=1S/C8H9NO4/c1-5-3-6(7(10)13-2)4-9(5)8(11)12/h3-4H,1-2H3,(H,11,12). The van der Waals surface area contributed by atoms with Gasteiger partial charge in [0.2, 0.25) is 0 Å². The van der Waals surface area contributed by atoms with E-state index in [0.717, 1.165) is 4.57 Å². The van der Waals surface area contributed by atoms with Gasteiger partial charge in [0, 0.05) is 11.9 Å². The minimum absolute atomic E-state index is 0.238. The van der Waals surface area contributed by atoms with Crippen LogP contribution in [0.25, 0.3) is 0 Å². The molecule has 1 aromatic heterocycles. The maximum Gasteiger partial charge on any atom is 0.415 e. The van der Waals surface area contributed by atoms with Crippen molar-refractivity contribution >= 4 is 12.1 Å². The zero-order valence-electron chi connectivity index (χ0n) is 7.27. The molecular weight excluding hydrogens is 174 g/mol. The lowest BCUT2D eigenvalue weighted by atomic mass is 10.3. The van der Waals surface area contributed by atoms with Gasteiger partial charge in [-0.1, -0.05) is 0 Å². The van der Waals surface area contributed by atoms with Crippen LogP contribution >= 0.6 is 0 Å². The molecule has 1 aromatic rings. The van der Waals surface area contributed by atoms with E-state index in [-0.39, 0.29) is 5.56 Å². The van der Waals surface area contributed by atoms with Crippen molar-refractivity contribution in [2.75, 3.05) is 7.11 Å². The molecule has 0 spiro atoms. The summed E-state index contributed by atoms with van der Waals surface area (Å²) in [6, 6.07) is 1.46. The van der Waals surface area contributed by atoms with E-state index in [1.54, 1.807) is 6.92 Å². The van der Waals surface area contributed by atoms with Gasteiger partial charge in [0.15, 0.2) is 0 Å². The predicted octanol–water partition coefficient (Wildman–Crippen LogP) is 1.11. The lowest BCUT2D eigenvalue weighted by Gasteiger charge is -1.94. The highest BCUT2D eigenvalue weighted by Gasteiger charge is 2.12. The molecule has 1 rings (SSSR count). The van der Waals surface area contributed by atoms with E-state index in [2.05, 4.69) is 4.74 Å². The van der Waals surface area contributed by atoms with Gasteiger partial charge in [0.1, 0.15) is 0 Å². The van der Waals surface area contributed by atoms with Gasteiger partial charge in [-0.25, -0.2) is 9.59 Å². The molecule has 70 valence electrons. The first-order valence-corrected chi connectivity index (χ1v) is 3.57. The highest BCUT2D eigenvalue weighted by Crippen LogP contribution is 2.08. The van der Waals surface area contributed by atoms with Gasteiger partial charge in [0.25, 0.3) is 0 Å². The Morgan fingerprint density at radius 1 is 1.54 bits per heavy atom. The van der Waals surface area contributed by atoms with Crippen molar-refractivity contribution in [2.24, 2.45) is 0 Å². The molecule has 5 nitrogen and oxygen atoms in total. The molecule has 0 unspecified atom stereocenters. The van der Waals surface area contributed by atoms with E-state index in [1.165, 1.54) is 19.4 Å². The first-order valence-electron chi connectivity index (χ1n) is 3.57. The Kier molecular flexibility index (Phi) is 2.36. The first kappa shape index (κ1) is 9.31. The second-order valence-electron chi connectivity index (χ2n) is 2.51. The molecule has 0 amide bonds. The molecule has 0 bridgehead atoms. The van der Waals surface area contributed by atoms with E-state index < -0.39 is 12.1 Å². The van der Waals surface area contributed by atoms with Crippen LogP contribution in [-0.4, -0.2) is 28.8 Å². The molecule has 13 heavy (non-hydrogen) atoms. The van der Waals surface area contributed by atoms with E-state index in [1.807, 2.05) is 0 Å². The summed E-state index contributed by atoms with van der Waals surface area (Å²) in [7, 11) is 1.25. The van der Waals surface area contributed by atoms with Crippen LogP contribution in [0, 0.1) is 6.92 Å². The average Bonchev–Trinajstić information content (AvgIpc) is 2.46. The summed E-state index contributed by atoms with van der Waals surface area (Å²) in [5, 5.41) is 8.64. The lowest BCUT2D eigenvalue weighted by Crippen LogP contribution is -2.08. The van der Waals surface area contributed by atoms with E-state index in [9.17, 15) is 9.59 Å². The molecule has 5 heteroatoms. The monoisotopic (exact) mass is 183 g/mol. The van der Waals surface area contributed by atoms with Crippen LogP contribution in [0.4, 0.5) is 4.79 Å². The molecule has 1 heterocycles. The SMILES string of the molecule is COC(=O)c1cc(C)n(C(=O)O)c1. The van der Waals surface area contributed by atoms with Crippen molar-refractivity contribution in [3.63, 3.8) is 0 Å². The van der Waals surface area contributed by atoms with Crippen molar-refractivity contribution < 1.29 is 19.4 Å². The summed E-state index contributed by atoms with van der Waals surface area (Å²) in [4.78, 5) is 21.5. The third-order valence-corrected chi connectivity index (χ3v) is 1.64.